The number of amides is 1. The number of para-hydroxylation sites is 1. The summed E-state index contributed by atoms with van der Waals surface area (Å²) in [5.74, 6) is 1.35. The number of primary amides is 1. The third-order valence-corrected chi connectivity index (χ3v) is 7.14. The lowest BCUT2D eigenvalue weighted by atomic mass is 9.79. The number of benzene rings is 1. The van der Waals surface area contributed by atoms with Gasteiger partial charge in [-0.05, 0) is 50.3 Å². The number of likely N-dealkylation sites (tertiary alicyclic amines) is 1. The highest BCUT2D eigenvalue weighted by Gasteiger charge is 2.50. The lowest BCUT2D eigenvalue weighted by molar-refractivity contribution is 0.0335. The molecule has 29 heavy (non-hydrogen) atoms. The van der Waals surface area contributed by atoms with E-state index >= 15 is 0 Å². The number of aromatic amines is 1. The topological polar surface area (TPSA) is 87.5 Å². The summed E-state index contributed by atoms with van der Waals surface area (Å²) in [6.45, 7) is 7.19. The minimum absolute atomic E-state index is 0.0259. The van der Waals surface area contributed by atoms with Crippen molar-refractivity contribution in [3.8, 4) is 0 Å². The van der Waals surface area contributed by atoms with Gasteiger partial charge in [0.2, 0.25) is 0 Å². The van der Waals surface area contributed by atoms with E-state index in [1.165, 1.54) is 19.3 Å². The highest BCUT2D eigenvalue weighted by atomic mass is 16.5. The standard InChI is InChI=1S/C22H31N5O2/c23-20(28)17-5-1-6-18-19(17)25-21(24-18)22-7-2-4-16(14-22)15-27(22)9-3-8-26-10-12-29-13-11-26/h1,5-6,16H,2-4,7-15H2,(H2,23,28)(H,24,25)/t16-,22-/m1/s1. The van der Waals surface area contributed by atoms with Crippen LogP contribution in [0.3, 0.4) is 0 Å². The molecule has 3 heterocycles. The van der Waals surface area contributed by atoms with Gasteiger partial charge in [-0.15, -0.1) is 0 Å². The van der Waals surface area contributed by atoms with Gasteiger partial charge in [0.05, 0.1) is 29.8 Å². The number of ether oxygens (including phenoxy) is 1. The van der Waals surface area contributed by atoms with Crippen molar-refractivity contribution in [3.05, 3.63) is 29.6 Å². The lowest BCUT2D eigenvalue weighted by Gasteiger charge is -2.38. The molecule has 2 saturated heterocycles. The number of hydrogen-bond donors (Lipinski definition) is 2. The Morgan fingerprint density at radius 2 is 2.17 bits per heavy atom. The van der Waals surface area contributed by atoms with Gasteiger partial charge in [-0.2, -0.15) is 0 Å². The van der Waals surface area contributed by atoms with Gasteiger partial charge in [0, 0.05) is 26.2 Å². The van der Waals surface area contributed by atoms with Crippen LogP contribution in [0.2, 0.25) is 0 Å². The molecule has 7 heteroatoms. The average Bonchev–Trinajstić information content (AvgIpc) is 3.28. The Balaban J connectivity index is 1.39. The molecule has 3 aliphatic rings. The second-order valence-corrected chi connectivity index (χ2v) is 8.90. The van der Waals surface area contributed by atoms with Gasteiger partial charge in [0.15, 0.2) is 0 Å². The van der Waals surface area contributed by atoms with Crippen molar-refractivity contribution in [3.63, 3.8) is 0 Å². The predicted molar refractivity (Wildman–Crippen MR) is 112 cm³/mol. The summed E-state index contributed by atoms with van der Waals surface area (Å²) < 4.78 is 5.47. The third-order valence-electron chi connectivity index (χ3n) is 7.14. The number of carbonyl (C=O) groups excluding carboxylic acids is 1. The van der Waals surface area contributed by atoms with E-state index < -0.39 is 5.91 Å². The number of nitrogens with one attached hydrogen (secondary N) is 1. The van der Waals surface area contributed by atoms with Crippen LogP contribution in [0.25, 0.3) is 11.0 Å². The van der Waals surface area contributed by atoms with Crippen molar-refractivity contribution in [2.45, 2.75) is 37.6 Å². The monoisotopic (exact) mass is 397 g/mol. The summed E-state index contributed by atoms with van der Waals surface area (Å²) in [6, 6.07) is 5.64. The predicted octanol–water partition coefficient (Wildman–Crippen LogP) is 2.09. The number of aromatic nitrogens is 2. The number of nitrogens with two attached hydrogens (primary N) is 1. The Kier molecular flexibility index (Phi) is 5.05. The fourth-order valence-corrected chi connectivity index (χ4v) is 5.73. The van der Waals surface area contributed by atoms with E-state index in [4.69, 9.17) is 15.5 Å². The molecule has 1 amide bonds. The molecule has 2 aromatic rings. The molecule has 3 fully saturated rings. The molecule has 0 radical (unpaired) electrons. The van der Waals surface area contributed by atoms with Crippen molar-refractivity contribution >= 4 is 16.9 Å². The first kappa shape index (κ1) is 19.0. The molecule has 7 nitrogen and oxygen atoms in total. The number of carbonyl (C=O) groups is 1. The highest BCUT2D eigenvalue weighted by Crippen LogP contribution is 2.49. The number of fused-ring (bicyclic) bond motifs is 3. The average molecular weight is 398 g/mol. The van der Waals surface area contributed by atoms with Crippen LogP contribution in [0.15, 0.2) is 18.2 Å². The van der Waals surface area contributed by atoms with Crippen molar-refractivity contribution in [1.29, 1.82) is 0 Å². The zero-order valence-electron chi connectivity index (χ0n) is 17.0. The molecule has 0 spiro atoms. The zero-order valence-corrected chi connectivity index (χ0v) is 17.0. The molecule has 1 aliphatic carbocycles. The van der Waals surface area contributed by atoms with E-state index in [0.29, 0.717) is 11.1 Å². The molecule has 1 aromatic carbocycles. The Hall–Kier alpha value is -1.96. The second kappa shape index (κ2) is 7.70. The van der Waals surface area contributed by atoms with E-state index in [2.05, 4.69) is 14.8 Å². The molecule has 2 aliphatic heterocycles. The largest absolute Gasteiger partial charge is 0.379 e. The van der Waals surface area contributed by atoms with E-state index in [1.807, 2.05) is 12.1 Å². The molecular weight excluding hydrogens is 366 g/mol. The van der Waals surface area contributed by atoms with Crippen LogP contribution in [0.5, 0.6) is 0 Å². The number of hydrogen-bond acceptors (Lipinski definition) is 5. The lowest BCUT2D eigenvalue weighted by Crippen LogP contribution is -2.44. The molecule has 1 saturated carbocycles. The summed E-state index contributed by atoms with van der Waals surface area (Å²) >= 11 is 0. The summed E-state index contributed by atoms with van der Waals surface area (Å²) in [4.78, 5) is 25.6. The molecule has 156 valence electrons. The fraction of sp³-hybridized carbons (Fsp3) is 0.636. The number of H-pyrrole nitrogens is 1. The first-order chi connectivity index (χ1) is 14.2. The first-order valence-corrected chi connectivity index (χ1v) is 11.0. The maximum absolute atomic E-state index is 11.9. The van der Waals surface area contributed by atoms with Crippen LogP contribution >= 0.6 is 0 Å². The van der Waals surface area contributed by atoms with E-state index in [1.54, 1.807) is 6.07 Å². The van der Waals surface area contributed by atoms with Gasteiger partial charge in [-0.3, -0.25) is 14.6 Å². The molecule has 1 aromatic heterocycles. The van der Waals surface area contributed by atoms with Crippen molar-refractivity contribution < 1.29 is 9.53 Å². The van der Waals surface area contributed by atoms with Crippen molar-refractivity contribution in [1.82, 2.24) is 19.8 Å². The number of imidazole rings is 1. The highest BCUT2D eigenvalue weighted by molar-refractivity contribution is 6.04. The molecule has 3 N–H and O–H groups in total. The summed E-state index contributed by atoms with van der Waals surface area (Å²) in [6.07, 6.45) is 6.02. The van der Waals surface area contributed by atoms with Gasteiger partial charge in [-0.1, -0.05) is 12.5 Å². The van der Waals surface area contributed by atoms with Crippen LogP contribution in [0, 0.1) is 5.92 Å². The maximum atomic E-state index is 11.9. The Morgan fingerprint density at radius 1 is 1.31 bits per heavy atom. The minimum Gasteiger partial charge on any atom is -0.379 e. The van der Waals surface area contributed by atoms with Crippen molar-refractivity contribution in [2.75, 3.05) is 45.9 Å². The number of rotatable bonds is 6. The Morgan fingerprint density at radius 3 is 3.00 bits per heavy atom. The van der Waals surface area contributed by atoms with Crippen LogP contribution in [0.4, 0.5) is 0 Å². The van der Waals surface area contributed by atoms with Crippen molar-refractivity contribution in [2.24, 2.45) is 11.7 Å². The molecule has 5 rings (SSSR count). The van der Waals surface area contributed by atoms with E-state index in [0.717, 1.165) is 76.0 Å². The molecule has 2 bridgehead atoms. The third kappa shape index (κ3) is 3.45. The summed E-state index contributed by atoms with van der Waals surface area (Å²) in [7, 11) is 0. The maximum Gasteiger partial charge on any atom is 0.250 e. The summed E-state index contributed by atoms with van der Waals surface area (Å²) in [5, 5.41) is 0. The second-order valence-electron chi connectivity index (χ2n) is 8.90. The number of morpholine rings is 1. The van der Waals surface area contributed by atoms with Gasteiger partial charge in [-0.25, -0.2) is 4.98 Å². The van der Waals surface area contributed by atoms with Gasteiger partial charge in [0.25, 0.3) is 5.91 Å². The minimum atomic E-state index is -0.415. The van der Waals surface area contributed by atoms with E-state index in [-0.39, 0.29) is 5.54 Å². The Bertz CT molecular complexity index is 890. The molecular formula is C22H31N5O2. The molecule has 0 unspecified atom stereocenters. The molecule has 2 atom stereocenters. The number of nitrogens with zero attached hydrogens (tertiary/aromatic N) is 3. The zero-order chi connectivity index (χ0) is 19.8. The van der Waals surface area contributed by atoms with Crippen LogP contribution in [0.1, 0.15) is 48.3 Å². The van der Waals surface area contributed by atoms with Gasteiger partial charge >= 0.3 is 0 Å². The summed E-state index contributed by atoms with van der Waals surface area (Å²) in [5.41, 5.74) is 7.69. The first-order valence-electron chi connectivity index (χ1n) is 11.0. The van der Waals surface area contributed by atoms with Crippen LogP contribution in [-0.2, 0) is 10.3 Å². The smallest absolute Gasteiger partial charge is 0.250 e. The van der Waals surface area contributed by atoms with E-state index in [9.17, 15) is 4.79 Å². The quantitative estimate of drug-likeness (QED) is 0.779. The van der Waals surface area contributed by atoms with Crippen LogP contribution in [-0.4, -0.2) is 71.6 Å². The van der Waals surface area contributed by atoms with Gasteiger partial charge < -0.3 is 15.5 Å². The fourth-order valence-electron chi connectivity index (χ4n) is 5.73. The SMILES string of the molecule is NC(=O)c1cccc2[nH]c([C@]34CCC[C@@H](CN3CCCN3CCOCC3)C4)nc12. The van der Waals surface area contributed by atoms with Gasteiger partial charge in [0.1, 0.15) is 11.3 Å². The van der Waals surface area contributed by atoms with Crippen LogP contribution < -0.4 is 5.73 Å². The Labute approximate surface area is 171 Å². The normalized spacial score (nSPS) is 28.2.